The van der Waals surface area contributed by atoms with Crippen LogP contribution < -0.4 is 0 Å². The van der Waals surface area contributed by atoms with Crippen LogP contribution in [0.25, 0.3) is 22.3 Å². The van der Waals surface area contributed by atoms with E-state index >= 15 is 0 Å². The quantitative estimate of drug-likeness (QED) is 0.661. The third-order valence-corrected chi connectivity index (χ3v) is 3.71. The highest BCUT2D eigenvalue weighted by Gasteiger charge is 2.15. The van der Waals surface area contributed by atoms with Crippen molar-refractivity contribution in [2.75, 3.05) is 0 Å². The summed E-state index contributed by atoms with van der Waals surface area (Å²) in [5.74, 6) is -1.23. The molecule has 0 aliphatic heterocycles. The van der Waals surface area contributed by atoms with Gasteiger partial charge in [-0.15, -0.1) is 0 Å². The Morgan fingerprint density at radius 1 is 0.909 bits per heavy atom. The molecule has 0 saturated heterocycles. The molecule has 3 rings (SSSR count). The minimum absolute atomic E-state index is 0.0769. The topological polar surface area (TPSA) is 25.8 Å². The third-order valence-electron chi connectivity index (χ3n) is 3.41. The van der Waals surface area contributed by atoms with Crippen LogP contribution >= 0.6 is 11.6 Å². The van der Waals surface area contributed by atoms with Crippen LogP contribution in [0.2, 0.25) is 5.02 Å². The summed E-state index contributed by atoms with van der Waals surface area (Å²) in [4.78, 5) is 0. The summed E-state index contributed by atoms with van der Waals surface area (Å²) >= 11 is 6.33. The van der Waals surface area contributed by atoms with E-state index in [2.05, 4.69) is 10.2 Å². The molecular formula is C17H11ClF2N2. The molecule has 0 N–H and O–H groups in total. The summed E-state index contributed by atoms with van der Waals surface area (Å²) in [6.07, 6.45) is 3.16. The van der Waals surface area contributed by atoms with Crippen LogP contribution in [0.5, 0.6) is 0 Å². The lowest BCUT2D eigenvalue weighted by molar-refractivity contribution is 0.589. The highest BCUT2D eigenvalue weighted by Crippen LogP contribution is 2.36. The second kappa shape index (κ2) is 5.81. The molecule has 2 nitrogen and oxygen atoms in total. The molecule has 0 unspecified atom stereocenters. The van der Waals surface area contributed by atoms with Crippen molar-refractivity contribution in [1.29, 1.82) is 0 Å². The SMILES string of the molecule is Cc1cc(-c2c(F)cccc2F)cc(Cl)c1-c1ccnnc1. The summed E-state index contributed by atoms with van der Waals surface area (Å²) in [5, 5.41) is 7.96. The van der Waals surface area contributed by atoms with Gasteiger partial charge in [-0.3, -0.25) is 0 Å². The van der Waals surface area contributed by atoms with Gasteiger partial charge in [-0.25, -0.2) is 8.78 Å². The Labute approximate surface area is 131 Å². The first-order valence-corrected chi connectivity index (χ1v) is 6.97. The predicted octanol–water partition coefficient (Wildman–Crippen LogP) is 5.05. The molecule has 0 atom stereocenters. The second-order valence-electron chi connectivity index (χ2n) is 4.88. The van der Waals surface area contributed by atoms with E-state index in [9.17, 15) is 8.78 Å². The normalized spacial score (nSPS) is 10.7. The molecule has 22 heavy (non-hydrogen) atoms. The Morgan fingerprint density at radius 3 is 2.23 bits per heavy atom. The second-order valence-corrected chi connectivity index (χ2v) is 5.28. The molecule has 1 aromatic heterocycles. The van der Waals surface area contributed by atoms with Crippen LogP contribution in [0.4, 0.5) is 8.78 Å². The minimum Gasteiger partial charge on any atom is -0.206 e. The van der Waals surface area contributed by atoms with Crippen molar-refractivity contribution >= 4 is 11.6 Å². The van der Waals surface area contributed by atoms with Crippen LogP contribution in [0.15, 0.2) is 48.8 Å². The molecule has 0 fully saturated rings. The summed E-state index contributed by atoms with van der Waals surface area (Å²) < 4.78 is 27.8. The standard InChI is InChI=1S/C17H11ClF2N2/c1-10-7-12(17-14(19)3-2-4-15(17)20)8-13(18)16(10)11-5-6-21-22-9-11/h2-9H,1H3. The number of benzene rings is 2. The molecule has 0 amide bonds. The molecule has 0 spiro atoms. The molecular weight excluding hydrogens is 306 g/mol. The lowest BCUT2D eigenvalue weighted by Crippen LogP contribution is -1.93. The number of halogens is 3. The van der Waals surface area contributed by atoms with E-state index in [1.165, 1.54) is 18.2 Å². The molecule has 0 radical (unpaired) electrons. The monoisotopic (exact) mass is 316 g/mol. The zero-order valence-corrected chi connectivity index (χ0v) is 12.4. The van der Waals surface area contributed by atoms with Crippen LogP contribution in [-0.2, 0) is 0 Å². The van der Waals surface area contributed by atoms with Gasteiger partial charge in [-0.2, -0.15) is 10.2 Å². The maximum Gasteiger partial charge on any atom is 0.133 e. The number of rotatable bonds is 2. The highest BCUT2D eigenvalue weighted by atomic mass is 35.5. The van der Waals surface area contributed by atoms with Gasteiger partial charge in [0, 0.05) is 16.1 Å². The molecule has 0 aliphatic carbocycles. The smallest absolute Gasteiger partial charge is 0.133 e. The fourth-order valence-electron chi connectivity index (χ4n) is 2.47. The Balaban J connectivity index is 2.19. The van der Waals surface area contributed by atoms with E-state index in [0.29, 0.717) is 10.6 Å². The maximum atomic E-state index is 13.9. The first-order chi connectivity index (χ1) is 10.6. The summed E-state index contributed by atoms with van der Waals surface area (Å²) in [6.45, 7) is 1.84. The van der Waals surface area contributed by atoms with Gasteiger partial charge in [0.2, 0.25) is 0 Å². The molecule has 3 aromatic rings. The molecule has 110 valence electrons. The van der Waals surface area contributed by atoms with Crippen LogP contribution in [0.1, 0.15) is 5.56 Å². The van der Waals surface area contributed by atoms with Crippen molar-refractivity contribution in [3.8, 4) is 22.3 Å². The van der Waals surface area contributed by atoms with Gasteiger partial charge >= 0.3 is 0 Å². The van der Waals surface area contributed by atoms with Crippen molar-refractivity contribution in [3.63, 3.8) is 0 Å². The average molecular weight is 317 g/mol. The average Bonchev–Trinajstić information content (AvgIpc) is 2.47. The van der Waals surface area contributed by atoms with Crippen molar-refractivity contribution in [2.24, 2.45) is 0 Å². The highest BCUT2D eigenvalue weighted by molar-refractivity contribution is 6.33. The van der Waals surface area contributed by atoms with E-state index in [-0.39, 0.29) is 5.56 Å². The van der Waals surface area contributed by atoms with Gasteiger partial charge < -0.3 is 0 Å². The number of aromatic nitrogens is 2. The first kappa shape index (κ1) is 14.6. The minimum atomic E-state index is -0.617. The Morgan fingerprint density at radius 2 is 1.64 bits per heavy atom. The van der Waals surface area contributed by atoms with Crippen molar-refractivity contribution in [2.45, 2.75) is 6.92 Å². The lowest BCUT2D eigenvalue weighted by Gasteiger charge is -2.12. The summed E-state index contributed by atoms with van der Waals surface area (Å²) in [7, 11) is 0. The van der Waals surface area contributed by atoms with Crippen LogP contribution in [-0.4, -0.2) is 10.2 Å². The number of nitrogens with zero attached hydrogens (tertiary/aromatic N) is 2. The largest absolute Gasteiger partial charge is 0.206 e. The van der Waals surface area contributed by atoms with Crippen LogP contribution in [0, 0.1) is 18.6 Å². The molecule has 5 heteroatoms. The molecule has 0 saturated carbocycles. The Hall–Kier alpha value is -2.33. The van der Waals surface area contributed by atoms with Gasteiger partial charge in [0.25, 0.3) is 0 Å². The number of aryl methyl sites for hydroxylation is 1. The third kappa shape index (κ3) is 2.57. The van der Waals surface area contributed by atoms with Crippen LogP contribution in [0.3, 0.4) is 0 Å². The van der Waals surface area contributed by atoms with Gasteiger partial charge in [-0.1, -0.05) is 23.7 Å². The molecule has 0 bridgehead atoms. The zero-order chi connectivity index (χ0) is 15.7. The van der Waals surface area contributed by atoms with Gasteiger partial charge in [0.1, 0.15) is 11.6 Å². The first-order valence-electron chi connectivity index (χ1n) is 6.59. The van der Waals surface area contributed by atoms with Crippen molar-refractivity contribution < 1.29 is 8.78 Å². The van der Waals surface area contributed by atoms with E-state index in [1.807, 2.05) is 6.92 Å². The van der Waals surface area contributed by atoms with Gasteiger partial charge in [0.05, 0.1) is 18.0 Å². The summed E-state index contributed by atoms with van der Waals surface area (Å²) in [6, 6.07) is 8.84. The van der Waals surface area contributed by atoms with Gasteiger partial charge in [-0.05, 0) is 42.3 Å². The molecule has 2 aromatic carbocycles. The molecule has 0 aliphatic rings. The Bertz CT molecular complexity index is 792. The van der Waals surface area contributed by atoms with Crippen molar-refractivity contribution in [3.05, 3.63) is 71.0 Å². The van der Waals surface area contributed by atoms with Gasteiger partial charge in [0.15, 0.2) is 0 Å². The maximum absolute atomic E-state index is 13.9. The predicted molar refractivity (Wildman–Crippen MR) is 82.6 cm³/mol. The Kier molecular flexibility index (Phi) is 3.86. The fourth-order valence-corrected chi connectivity index (χ4v) is 2.84. The number of hydrogen-bond donors (Lipinski definition) is 0. The van der Waals surface area contributed by atoms with E-state index in [0.717, 1.165) is 16.7 Å². The van der Waals surface area contributed by atoms with Crippen molar-refractivity contribution in [1.82, 2.24) is 10.2 Å². The zero-order valence-electron chi connectivity index (χ0n) is 11.6. The lowest BCUT2D eigenvalue weighted by atomic mass is 9.96. The number of hydrogen-bond acceptors (Lipinski definition) is 2. The van der Waals surface area contributed by atoms with E-state index in [4.69, 9.17) is 11.6 Å². The van der Waals surface area contributed by atoms with E-state index < -0.39 is 11.6 Å². The summed E-state index contributed by atoms with van der Waals surface area (Å²) in [5.41, 5.74) is 2.71. The van der Waals surface area contributed by atoms with E-state index in [1.54, 1.807) is 30.6 Å². The molecule has 1 heterocycles. The fraction of sp³-hybridized carbons (Fsp3) is 0.0588.